The second kappa shape index (κ2) is 8.23. The lowest BCUT2D eigenvalue weighted by molar-refractivity contribution is -0.132. The molecule has 0 aromatic rings. The van der Waals surface area contributed by atoms with Crippen molar-refractivity contribution in [3.8, 4) is 0 Å². The van der Waals surface area contributed by atoms with E-state index in [0.717, 1.165) is 0 Å². The summed E-state index contributed by atoms with van der Waals surface area (Å²) < 4.78 is 0. The van der Waals surface area contributed by atoms with Gasteiger partial charge in [-0.3, -0.25) is 9.59 Å². The zero-order valence-electron chi connectivity index (χ0n) is 9.80. The Morgan fingerprint density at radius 1 is 1.20 bits per heavy atom. The molecule has 0 atom stereocenters. The first-order valence-electron chi connectivity index (χ1n) is 5.34. The van der Waals surface area contributed by atoms with Crippen LogP contribution in [0.2, 0.25) is 0 Å². The summed E-state index contributed by atoms with van der Waals surface area (Å²) in [6.07, 6.45) is 0.405. The van der Waals surface area contributed by atoms with Gasteiger partial charge in [0.2, 0.25) is 11.8 Å². The fraction of sp³-hybridized carbons (Fsp3) is 0.800. The van der Waals surface area contributed by atoms with Gasteiger partial charge in [0, 0.05) is 26.1 Å². The molecule has 0 aliphatic heterocycles. The van der Waals surface area contributed by atoms with Gasteiger partial charge in [0.25, 0.3) is 0 Å². The second-order valence-electron chi connectivity index (χ2n) is 3.20. The van der Waals surface area contributed by atoms with Gasteiger partial charge in [0.05, 0.1) is 6.54 Å². The van der Waals surface area contributed by atoms with Crippen molar-refractivity contribution in [3.05, 3.63) is 0 Å². The van der Waals surface area contributed by atoms with Crippen molar-refractivity contribution in [2.75, 3.05) is 33.2 Å². The first-order chi connectivity index (χ1) is 7.15. The van der Waals surface area contributed by atoms with Crippen LogP contribution in [0.5, 0.6) is 0 Å². The van der Waals surface area contributed by atoms with Gasteiger partial charge in [0.1, 0.15) is 0 Å². The third-order valence-electron chi connectivity index (χ3n) is 2.15. The number of carbonyl (C=O) groups excluding carboxylic acids is 2. The number of hydrogen-bond donors (Lipinski definition) is 2. The molecule has 0 heterocycles. The molecule has 0 bridgehead atoms. The zero-order valence-corrected chi connectivity index (χ0v) is 9.80. The quantitative estimate of drug-likeness (QED) is 0.606. The molecule has 0 radical (unpaired) electrons. The van der Waals surface area contributed by atoms with E-state index >= 15 is 0 Å². The maximum absolute atomic E-state index is 11.5. The molecule has 0 aliphatic rings. The topological polar surface area (TPSA) is 61.4 Å². The van der Waals surface area contributed by atoms with Gasteiger partial charge in [-0.1, -0.05) is 0 Å². The smallest absolute Gasteiger partial charge is 0.241 e. The average Bonchev–Trinajstić information content (AvgIpc) is 2.25. The molecule has 5 nitrogen and oxygen atoms in total. The maximum atomic E-state index is 11.5. The van der Waals surface area contributed by atoms with Crippen molar-refractivity contribution < 1.29 is 9.59 Å². The average molecular weight is 215 g/mol. The predicted molar refractivity (Wildman–Crippen MR) is 59.5 cm³/mol. The zero-order chi connectivity index (χ0) is 11.7. The normalized spacial score (nSPS) is 9.80. The number of nitrogens with zero attached hydrogens (tertiary/aromatic N) is 1. The van der Waals surface area contributed by atoms with E-state index in [1.54, 1.807) is 11.9 Å². The summed E-state index contributed by atoms with van der Waals surface area (Å²) in [6.45, 7) is 5.94. The van der Waals surface area contributed by atoms with Crippen molar-refractivity contribution in [3.63, 3.8) is 0 Å². The number of likely N-dealkylation sites (N-methyl/N-ethyl adjacent to an activating group) is 1. The highest BCUT2D eigenvalue weighted by Crippen LogP contribution is 1.87. The van der Waals surface area contributed by atoms with E-state index in [1.165, 1.54) is 0 Å². The predicted octanol–water partition coefficient (Wildman–Crippen LogP) is -0.419. The van der Waals surface area contributed by atoms with Gasteiger partial charge >= 0.3 is 0 Å². The van der Waals surface area contributed by atoms with E-state index in [2.05, 4.69) is 10.6 Å². The maximum Gasteiger partial charge on any atom is 0.241 e. The lowest BCUT2D eigenvalue weighted by Crippen LogP contribution is -2.40. The third-order valence-corrected chi connectivity index (χ3v) is 2.15. The molecule has 15 heavy (non-hydrogen) atoms. The van der Waals surface area contributed by atoms with Crippen LogP contribution in [0.15, 0.2) is 0 Å². The van der Waals surface area contributed by atoms with Crippen LogP contribution in [0, 0.1) is 0 Å². The summed E-state index contributed by atoms with van der Waals surface area (Å²) in [6, 6.07) is 0. The number of hydrogen-bond acceptors (Lipinski definition) is 3. The fourth-order valence-corrected chi connectivity index (χ4v) is 1.19. The largest absolute Gasteiger partial charge is 0.347 e. The monoisotopic (exact) mass is 215 g/mol. The highest BCUT2D eigenvalue weighted by atomic mass is 16.2. The van der Waals surface area contributed by atoms with E-state index in [-0.39, 0.29) is 18.4 Å². The Balaban J connectivity index is 3.74. The Morgan fingerprint density at radius 3 is 2.27 bits per heavy atom. The van der Waals surface area contributed by atoms with Crippen LogP contribution in [-0.2, 0) is 9.59 Å². The highest BCUT2D eigenvalue weighted by molar-refractivity contribution is 5.84. The molecule has 0 unspecified atom stereocenters. The molecule has 0 aromatic heterocycles. The van der Waals surface area contributed by atoms with Crippen LogP contribution in [0.4, 0.5) is 0 Å². The number of amides is 2. The Kier molecular flexibility index (Phi) is 7.62. The second-order valence-corrected chi connectivity index (χ2v) is 3.20. The van der Waals surface area contributed by atoms with E-state index in [9.17, 15) is 9.59 Å². The van der Waals surface area contributed by atoms with Crippen molar-refractivity contribution in [2.45, 2.75) is 20.3 Å². The molecular weight excluding hydrogens is 194 g/mol. The molecule has 0 aliphatic carbocycles. The standard InChI is InChI=1S/C10H21N3O2/c1-4-13(5-2)10(15)8-12-9(14)6-7-11-3/h11H,4-8H2,1-3H3,(H,12,14). The number of rotatable bonds is 7. The summed E-state index contributed by atoms with van der Waals surface area (Å²) in [5, 5.41) is 5.47. The molecule has 88 valence electrons. The van der Waals surface area contributed by atoms with E-state index in [1.807, 2.05) is 13.8 Å². The highest BCUT2D eigenvalue weighted by Gasteiger charge is 2.10. The van der Waals surface area contributed by atoms with E-state index < -0.39 is 0 Å². The van der Waals surface area contributed by atoms with Gasteiger partial charge in [-0.2, -0.15) is 0 Å². The van der Waals surface area contributed by atoms with Crippen LogP contribution in [-0.4, -0.2) is 49.9 Å². The third kappa shape index (κ3) is 6.06. The minimum atomic E-state index is -0.0927. The van der Waals surface area contributed by atoms with E-state index in [0.29, 0.717) is 26.1 Å². The Bertz CT molecular complexity index is 203. The van der Waals surface area contributed by atoms with Gasteiger partial charge < -0.3 is 15.5 Å². The first-order valence-corrected chi connectivity index (χ1v) is 5.34. The van der Waals surface area contributed by atoms with Crippen molar-refractivity contribution in [1.29, 1.82) is 0 Å². The summed E-state index contributed by atoms with van der Waals surface area (Å²) >= 11 is 0. The molecule has 2 amide bonds. The van der Waals surface area contributed by atoms with Gasteiger partial charge in [0.15, 0.2) is 0 Å². The molecule has 0 rings (SSSR count). The lowest BCUT2D eigenvalue weighted by atomic mass is 10.4. The lowest BCUT2D eigenvalue weighted by Gasteiger charge is -2.18. The van der Waals surface area contributed by atoms with Crippen LogP contribution < -0.4 is 10.6 Å². The Labute approximate surface area is 91.2 Å². The number of carbonyl (C=O) groups is 2. The van der Waals surface area contributed by atoms with Crippen molar-refractivity contribution in [1.82, 2.24) is 15.5 Å². The molecule has 2 N–H and O–H groups in total. The van der Waals surface area contributed by atoms with Crippen LogP contribution in [0.25, 0.3) is 0 Å². The Hall–Kier alpha value is -1.10. The van der Waals surface area contributed by atoms with Gasteiger partial charge in [-0.05, 0) is 20.9 Å². The fourth-order valence-electron chi connectivity index (χ4n) is 1.19. The molecule has 0 saturated carbocycles. The molecule has 0 fully saturated rings. The van der Waals surface area contributed by atoms with Crippen LogP contribution >= 0.6 is 0 Å². The minimum absolute atomic E-state index is 0.0298. The molecular formula is C10H21N3O2. The van der Waals surface area contributed by atoms with Gasteiger partial charge in [-0.25, -0.2) is 0 Å². The molecule has 0 aromatic carbocycles. The summed E-state index contributed by atoms with van der Waals surface area (Å²) in [4.78, 5) is 24.4. The molecule has 5 heteroatoms. The van der Waals surface area contributed by atoms with Crippen molar-refractivity contribution in [2.24, 2.45) is 0 Å². The number of nitrogens with one attached hydrogen (secondary N) is 2. The minimum Gasteiger partial charge on any atom is -0.347 e. The molecule has 0 spiro atoms. The van der Waals surface area contributed by atoms with Crippen LogP contribution in [0.3, 0.4) is 0 Å². The van der Waals surface area contributed by atoms with Crippen molar-refractivity contribution >= 4 is 11.8 Å². The summed E-state index contributed by atoms with van der Waals surface area (Å²) in [7, 11) is 1.79. The first kappa shape index (κ1) is 13.9. The Morgan fingerprint density at radius 2 is 1.80 bits per heavy atom. The molecule has 0 saturated heterocycles. The van der Waals surface area contributed by atoms with Crippen LogP contribution in [0.1, 0.15) is 20.3 Å². The summed E-state index contributed by atoms with van der Waals surface area (Å²) in [5.74, 6) is -0.123. The summed E-state index contributed by atoms with van der Waals surface area (Å²) in [5.41, 5.74) is 0. The SMILES string of the molecule is CCN(CC)C(=O)CNC(=O)CCNC. The van der Waals surface area contributed by atoms with E-state index in [4.69, 9.17) is 0 Å². The van der Waals surface area contributed by atoms with Gasteiger partial charge in [-0.15, -0.1) is 0 Å².